The van der Waals surface area contributed by atoms with Crippen molar-refractivity contribution in [2.75, 3.05) is 20.3 Å². The van der Waals surface area contributed by atoms with Gasteiger partial charge >= 0.3 is 5.97 Å². The van der Waals surface area contributed by atoms with E-state index >= 15 is 0 Å². The lowest BCUT2D eigenvalue weighted by Crippen LogP contribution is -2.34. The van der Waals surface area contributed by atoms with E-state index in [0.717, 1.165) is 24.0 Å². The zero-order chi connectivity index (χ0) is 16.1. The molecule has 2 unspecified atom stereocenters. The van der Waals surface area contributed by atoms with E-state index in [-0.39, 0.29) is 12.7 Å². The highest BCUT2D eigenvalue weighted by molar-refractivity contribution is 5.73. The van der Waals surface area contributed by atoms with Gasteiger partial charge in [-0.3, -0.25) is 0 Å². The minimum absolute atomic E-state index is 0.170. The third kappa shape index (κ3) is 3.63. The van der Waals surface area contributed by atoms with Crippen molar-refractivity contribution >= 4 is 5.97 Å². The number of carbonyl (C=O) groups is 1. The highest BCUT2D eigenvalue weighted by Gasteiger charge is 2.30. The summed E-state index contributed by atoms with van der Waals surface area (Å²) in [6, 6.07) is 0. The summed E-state index contributed by atoms with van der Waals surface area (Å²) in [5, 5.41) is 0. The summed E-state index contributed by atoms with van der Waals surface area (Å²) in [5.41, 5.74) is 3.25. The first kappa shape index (κ1) is 15.8. The minimum Gasteiger partial charge on any atom is -0.461 e. The Morgan fingerprint density at radius 1 is 1.30 bits per heavy atom. The molecule has 2 aliphatic carbocycles. The number of carbonyl (C=O) groups excluding carboxylic acids is 1. The van der Waals surface area contributed by atoms with Gasteiger partial charge in [-0.2, -0.15) is 0 Å². The summed E-state index contributed by atoms with van der Waals surface area (Å²) in [6.07, 6.45) is 14.1. The van der Waals surface area contributed by atoms with Crippen LogP contribution in [0.25, 0.3) is 0 Å². The molecule has 0 amide bonds. The molecule has 0 saturated heterocycles. The molecule has 0 N–H and O–H groups in total. The number of fused-ring (bicyclic) bond motifs is 2. The number of rotatable bonds is 4. The summed E-state index contributed by atoms with van der Waals surface area (Å²) in [5.74, 6) is -0.551. The second-order valence-corrected chi connectivity index (χ2v) is 5.38. The first-order valence-electron chi connectivity index (χ1n) is 7.71. The fourth-order valence-corrected chi connectivity index (χ4v) is 2.72. The second kappa shape index (κ2) is 7.44. The predicted molar refractivity (Wildman–Crippen MR) is 84.3 cm³/mol. The molecule has 1 aliphatic heterocycles. The van der Waals surface area contributed by atoms with E-state index in [4.69, 9.17) is 18.9 Å². The van der Waals surface area contributed by atoms with Gasteiger partial charge in [0.1, 0.15) is 12.7 Å². The maximum Gasteiger partial charge on any atom is 0.376 e. The Kier molecular flexibility index (Phi) is 5.10. The van der Waals surface area contributed by atoms with Gasteiger partial charge in [0.25, 0.3) is 6.29 Å². The van der Waals surface area contributed by atoms with Crippen molar-refractivity contribution in [3.05, 3.63) is 59.4 Å². The molecule has 0 aromatic carbocycles. The highest BCUT2D eigenvalue weighted by Crippen LogP contribution is 2.33. The third-order valence-electron chi connectivity index (χ3n) is 3.85. The van der Waals surface area contributed by atoms with Crippen LogP contribution >= 0.6 is 0 Å². The number of ether oxygens (including phenoxy) is 4. The molecule has 5 heteroatoms. The van der Waals surface area contributed by atoms with Gasteiger partial charge < -0.3 is 18.9 Å². The summed E-state index contributed by atoms with van der Waals surface area (Å²) in [7, 11) is 1.55. The van der Waals surface area contributed by atoms with E-state index in [1.54, 1.807) is 13.4 Å². The summed E-state index contributed by atoms with van der Waals surface area (Å²) < 4.78 is 21.4. The van der Waals surface area contributed by atoms with Crippen LogP contribution in [0.15, 0.2) is 59.4 Å². The average Bonchev–Trinajstić information content (AvgIpc) is 2.57. The van der Waals surface area contributed by atoms with Crippen LogP contribution in [0.2, 0.25) is 0 Å². The molecule has 122 valence electrons. The van der Waals surface area contributed by atoms with Gasteiger partial charge in [0.15, 0.2) is 0 Å². The van der Waals surface area contributed by atoms with Crippen LogP contribution in [0.4, 0.5) is 0 Å². The molecule has 1 heterocycles. The fourth-order valence-electron chi connectivity index (χ4n) is 2.72. The molecule has 3 aliphatic rings. The topological polar surface area (TPSA) is 54.0 Å². The van der Waals surface area contributed by atoms with E-state index in [1.807, 2.05) is 30.4 Å². The first-order chi connectivity index (χ1) is 11.3. The number of esters is 1. The Labute approximate surface area is 135 Å². The molecule has 0 bridgehead atoms. The monoisotopic (exact) mass is 316 g/mol. The number of allylic oxidation sites excluding steroid dienone is 6. The van der Waals surface area contributed by atoms with E-state index in [1.165, 1.54) is 5.57 Å². The van der Waals surface area contributed by atoms with Crippen LogP contribution in [-0.4, -0.2) is 38.7 Å². The quantitative estimate of drug-likeness (QED) is 0.589. The van der Waals surface area contributed by atoms with E-state index in [9.17, 15) is 4.79 Å². The van der Waals surface area contributed by atoms with Crippen molar-refractivity contribution in [2.24, 2.45) is 0 Å². The molecule has 0 spiro atoms. The zero-order valence-electron chi connectivity index (χ0n) is 13.1. The minimum atomic E-state index is -1.09. The molecule has 0 aromatic heterocycles. The molecule has 0 saturated carbocycles. The van der Waals surface area contributed by atoms with Crippen LogP contribution in [0.3, 0.4) is 0 Å². The van der Waals surface area contributed by atoms with Crippen LogP contribution < -0.4 is 0 Å². The summed E-state index contributed by atoms with van der Waals surface area (Å²) in [4.78, 5) is 12.1. The van der Waals surface area contributed by atoms with Crippen LogP contribution in [-0.2, 0) is 23.7 Å². The van der Waals surface area contributed by atoms with Crippen molar-refractivity contribution in [2.45, 2.75) is 25.2 Å². The lowest BCUT2D eigenvalue weighted by atomic mass is 9.87. The van der Waals surface area contributed by atoms with E-state index < -0.39 is 12.3 Å². The Bertz CT molecular complexity index is 609. The van der Waals surface area contributed by atoms with Gasteiger partial charge in [0.2, 0.25) is 0 Å². The lowest BCUT2D eigenvalue weighted by Gasteiger charge is -2.29. The Hall–Kier alpha value is -2.11. The molecule has 0 radical (unpaired) electrons. The summed E-state index contributed by atoms with van der Waals surface area (Å²) in [6.45, 7) is 0.507. The maximum absolute atomic E-state index is 12.1. The molecule has 2 atom stereocenters. The predicted octanol–water partition coefficient (Wildman–Crippen LogP) is 2.57. The smallest absolute Gasteiger partial charge is 0.376 e. The molecule has 3 rings (SSSR count). The van der Waals surface area contributed by atoms with E-state index in [2.05, 4.69) is 6.08 Å². The number of methoxy groups -OCH3 is 1. The summed E-state index contributed by atoms with van der Waals surface area (Å²) >= 11 is 0. The van der Waals surface area contributed by atoms with Gasteiger partial charge in [0.05, 0.1) is 12.9 Å². The average molecular weight is 316 g/mol. The Morgan fingerprint density at radius 2 is 2.22 bits per heavy atom. The van der Waals surface area contributed by atoms with Crippen molar-refractivity contribution in [3.8, 4) is 0 Å². The van der Waals surface area contributed by atoms with Gasteiger partial charge in [-0.05, 0) is 24.0 Å². The van der Waals surface area contributed by atoms with Crippen molar-refractivity contribution in [1.29, 1.82) is 0 Å². The molecule has 0 fully saturated rings. The molecular formula is C18H20O5. The maximum atomic E-state index is 12.1. The zero-order valence-corrected chi connectivity index (χ0v) is 13.1. The SMILES string of the molecule is COCCOC(=O)C1OC=C2C=CCC/C2=C2\C=CC=CC2O1. The largest absolute Gasteiger partial charge is 0.461 e. The van der Waals surface area contributed by atoms with Crippen molar-refractivity contribution in [3.63, 3.8) is 0 Å². The third-order valence-corrected chi connectivity index (χ3v) is 3.85. The van der Waals surface area contributed by atoms with E-state index in [0.29, 0.717) is 6.61 Å². The lowest BCUT2D eigenvalue weighted by molar-refractivity contribution is -0.188. The molecule has 0 aromatic rings. The second-order valence-electron chi connectivity index (χ2n) is 5.38. The van der Waals surface area contributed by atoms with Gasteiger partial charge in [-0.15, -0.1) is 0 Å². The van der Waals surface area contributed by atoms with Crippen LogP contribution in [0.1, 0.15) is 12.8 Å². The number of hydrogen-bond acceptors (Lipinski definition) is 5. The molecular weight excluding hydrogens is 296 g/mol. The van der Waals surface area contributed by atoms with Crippen LogP contribution in [0, 0.1) is 0 Å². The van der Waals surface area contributed by atoms with Crippen molar-refractivity contribution in [1.82, 2.24) is 0 Å². The molecule has 5 nitrogen and oxygen atoms in total. The first-order valence-corrected chi connectivity index (χ1v) is 7.71. The standard InChI is InChI=1S/C18H20O5/c1-20-10-11-21-17(19)18-22-12-13-6-2-3-7-14(13)15-8-4-5-9-16(15)23-18/h2,4-6,8-9,12,16,18H,3,7,10-11H2,1H3/b13-12?,15-14-. The normalized spacial score (nSPS) is 28.8. The van der Waals surface area contributed by atoms with Gasteiger partial charge in [0, 0.05) is 12.7 Å². The highest BCUT2D eigenvalue weighted by atomic mass is 16.7. The number of hydrogen-bond donors (Lipinski definition) is 0. The van der Waals surface area contributed by atoms with Gasteiger partial charge in [-0.1, -0.05) is 36.5 Å². The molecule has 23 heavy (non-hydrogen) atoms. The Balaban J connectivity index is 1.83. The van der Waals surface area contributed by atoms with Crippen LogP contribution in [0.5, 0.6) is 0 Å². The van der Waals surface area contributed by atoms with Crippen molar-refractivity contribution < 1.29 is 23.7 Å². The van der Waals surface area contributed by atoms with Gasteiger partial charge in [-0.25, -0.2) is 4.79 Å². The Morgan fingerprint density at radius 3 is 3.09 bits per heavy atom. The fraction of sp³-hybridized carbons (Fsp3) is 0.389.